The van der Waals surface area contributed by atoms with Gasteiger partial charge in [0.05, 0.1) is 7.11 Å². The van der Waals surface area contributed by atoms with E-state index < -0.39 is 52.9 Å². The Morgan fingerprint density at radius 2 is 1.21 bits per heavy atom. The van der Waals surface area contributed by atoms with Gasteiger partial charge in [-0.25, -0.2) is 19.2 Å². The third-order valence-corrected chi connectivity index (χ3v) is 3.82. The van der Waals surface area contributed by atoms with Crippen LogP contribution in [0.4, 0.5) is 9.59 Å². The molecule has 0 bridgehead atoms. The topological polar surface area (TPSA) is 170 Å². The molecule has 0 aliphatic heterocycles. The molecule has 0 saturated carbocycles. The molecule has 0 aliphatic rings. The van der Waals surface area contributed by atoms with Gasteiger partial charge in [-0.2, -0.15) is 4.90 Å². The lowest BCUT2D eigenvalue weighted by Gasteiger charge is -2.40. The number of carbonyl (C=O) groups is 4. The number of nitrogens with two attached hydrogens (primary N) is 1. The van der Waals surface area contributed by atoms with Crippen LogP contribution in [0.5, 0.6) is 0 Å². The molecular weight excluding hydrogens is 448 g/mol. The summed E-state index contributed by atoms with van der Waals surface area (Å²) in [5.74, 6) is -2.76. The predicted octanol–water partition coefficient (Wildman–Crippen LogP) is 2.68. The Kier molecular flexibility index (Phi) is 10.4. The van der Waals surface area contributed by atoms with E-state index in [-0.39, 0.29) is 18.9 Å². The quantitative estimate of drug-likeness (QED) is 0.121. The van der Waals surface area contributed by atoms with Crippen molar-refractivity contribution in [3.05, 3.63) is 0 Å². The summed E-state index contributed by atoms with van der Waals surface area (Å²) in [4.78, 5) is 53.6. The molecule has 0 aliphatic carbocycles. The Hall–Kier alpha value is -3.05. The number of rotatable bonds is 7. The van der Waals surface area contributed by atoms with Crippen LogP contribution in [0.3, 0.4) is 0 Å². The van der Waals surface area contributed by atoms with Crippen LogP contribution in [-0.2, 0) is 28.5 Å². The van der Waals surface area contributed by atoms with Crippen molar-refractivity contribution in [2.24, 2.45) is 5.73 Å². The maximum Gasteiger partial charge on any atom is 0.421 e. The minimum absolute atomic E-state index is 0.00994. The van der Waals surface area contributed by atoms with E-state index in [1.54, 1.807) is 62.3 Å². The highest BCUT2D eigenvalue weighted by molar-refractivity contribution is 6.11. The van der Waals surface area contributed by atoms with Gasteiger partial charge in [0.25, 0.3) is 5.54 Å². The molecule has 12 heteroatoms. The highest BCUT2D eigenvalue weighted by Crippen LogP contribution is 2.31. The lowest BCUT2D eigenvalue weighted by atomic mass is 9.90. The molecule has 0 unspecified atom stereocenters. The van der Waals surface area contributed by atoms with E-state index in [0.717, 1.165) is 7.11 Å². The molecule has 0 saturated heterocycles. The van der Waals surface area contributed by atoms with Gasteiger partial charge in [-0.1, -0.05) is 0 Å². The van der Waals surface area contributed by atoms with Crippen LogP contribution in [0.15, 0.2) is 0 Å². The van der Waals surface area contributed by atoms with Crippen LogP contribution in [0.1, 0.15) is 75.2 Å². The second-order valence-corrected chi connectivity index (χ2v) is 10.6. The first kappa shape index (κ1) is 30.9. The Labute approximate surface area is 201 Å². The molecule has 12 nitrogen and oxygen atoms in total. The molecule has 0 spiro atoms. The van der Waals surface area contributed by atoms with Gasteiger partial charge in [0, 0.05) is 6.54 Å². The third-order valence-electron chi connectivity index (χ3n) is 3.82. The zero-order valence-corrected chi connectivity index (χ0v) is 21.9. The number of carbonyl (C=O) groups excluding carboxylic acids is 4. The average molecular weight is 489 g/mol. The molecular formula is C22H40N4O8. The molecule has 4 N–H and O–H groups in total. The van der Waals surface area contributed by atoms with Crippen LogP contribution in [0.25, 0.3) is 0 Å². The fraction of sp³-hybridized carbons (Fsp3) is 0.773. The first-order valence-corrected chi connectivity index (χ1v) is 10.8. The summed E-state index contributed by atoms with van der Waals surface area (Å²) in [5, 5.41) is 9.84. The Morgan fingerprint density at radius 1 is 0.794 bits per heavy atom. The van der Waals surface area contributed by atoms with E-state index in [2.05, 4.69) is 5.32 Å². The van der Waals surface area contributed by atoms with E-state index >= 15 is 0 Å². The zero-order valence-electron chi connectivity index (χ0n) is 21.9. The normalized spacial score (nSPS) is 13.7. The molecule has 0 aromatic rings. The lowest BCUT2D eigenvalue weighted by molar-refractivity contribution is -0.180. The van der Waals surface area contributed by atoms with Crippen molar-refractivity contribution in [1.82, 2.24) is 10.2 Å². The molecule has 0 fully saturated rings. The second-order valence-electron chi connectivity index (χ2n) is 10.6. The number of hydrogen-bond acceptors (Lipinski definition) is 9. The maximum absolute atomic E-state index is 13.5. The van der Waals surface area contributed by atoms with Gasteiger partial charge in [0.1, 0.15) is 16.8 Å². The number of methoxy groups -OCH3 is 1. The van der Waals surface area contributed by atoms with E-state index in [4.69, 9.17) is 30.1 Å². The first-order chi connectivity index (χ1) is 15.2. The molecule has 0 aromatic heterocycles. The summed E-state index contributed by atoms with van der Waals surface area (Å²) in [5.41, 5.74) is -0.523. The fourth-order valence-corrected chi connectivity index (χ4v) is 2.68. The summed E-state index contributed by atoms with van der Waals surface area (Å²) in [6, 6.07) is 0. The van der Waals surface area contributed by atoms with Crippen molar-refractivity contribution >= 4 is 30.1 Å². The van der Waals surface area contributed by atoms with Gasteiger partial charge < -0.3 is 30.0 Å². The Bertz CT molecular complexity index is 749. The van der Waals surface area contributed by atoms with Gasteiger partial charge in [-0.3, -0.25) is 5.41 Å². The summed E-state index contributed by atoms with van der Waals surface area (Å²) in [7, 11) is 1.01. The highest BCUT2D eigenvalue weighted by Gasteiger charge is 2.60. The van der Waals surface area contributed by atoms with Crippen molar-refractivity contribution in [2.75, 3.05) is 13.7 Å². The van der Waals surface area contributed by atoms with Gasteiger partial charge in [-0.15, -0.1) is 0 Å². The van der Waals surface area contributed by atoms with Crippen molar-refractivity contribution in [1.29, 1.82) is 5.41 Å². The van der Waals surface area contributed by atoms with Crippen molar-refractivity contribution in [2.45, 2.75) is 97.5 Å². The van der Waals surface area contributed by atoms with E-state index in [1.807, 2.05) is 0 Å². The molecule has 34 heavy (non-hydrogen) atoms. The van der Waals surface area contributed by atoms with Crippen LogP contribution < -0.4 is 11.1 Å². The smallest absolute Gasteiger partial charge is 0.421 e. The summed E-state index contributed by atoms with van der Waals surface area (Å²) in [6.07, 6.45) is -3.00. The van der Waals surface area contributed by atoms with E-state index in [9.17, 15) is 19.2 Å². The second kappa shape index (κ2) is 11.4. The van der Waals surface area contributed by atoms with Gasteiger partial charge in [0.15, 0.2) is 5.96 Å². The van der Waals surface area contributed by atoms with Crippen LogP contribution in [-0.4, -0.2) is 71.0 Å². The maximum atomic E-state index is 13.5. The Morgan fingerprint density at radius 3 is 1.53 bits per heavy atom. The molecule has 0 aromatic carbocycles. The average Bonchev–Trinajstić information content (AvgIpc) is 2.58. The van der Waals surface area contributed by atoms with E-state index in [0.29, 0.717) is 4.90 Å². The van der Waals surface area contributed by atoms with Gasteiger partial charge in [-0.05, 0) is 75.2 Å². The number of nitrogens with one attached hydrogen (secondary N) is 2. The van der Waals surface area contributed by atoms with Crippen LogP contribution in [0, 0.1) is 5.41 Å². The number of ether oxygens (including phenoxy) is 4. The minimum Gasteiger partial charge on any atom is -0.467 e. The van der Waals surface area contributed by atoms with Crippen molar-refractivity contribution < 1.29 is 38.1 Å². The molecule has 0 heterocycles. The number of esters is 2. The molecule has 196 valence electrons. The molecule has 2 amide bonds. The number of imide groups is 1. The summed E-state index contributed by atoms with van der Waals surface area (Å²) in [6.45, 7) is 14.1. The van der Waals surface area contributed by atoms with E-state index in [1.165, 1.54) is 0 Å². The van der Waals surface area contributed by atoms with Crippen LogP contribution in [0.2, 0.25) is 0 Å². The zero-order chi connectivity index (χ0) is 27.1. The molecule has 0 rings (SSSR count). The van der Waals surface area contributed by atoms with Gasteiger partial charge in [0.2, 0.25) is 0 Å². The summed E-state index contributed by atoms with van der Waals surface area (Å²) < 4.78 is 21.1. The minimum atomic E-state index is -2.58. The number of nitrogens with zero attached hydrogens (tertiary/aromatic N) is 1. The number of amides is 2. The highest BCUT2D eigenvalue weighted by atomic mass is 16.6. The standard InChI is InChI=1S/C22H40N4O8/c1-19(2,3)32-15(28)22(14(27)31-10,12-11-13-25-16(23)24)26(17(29)33-20(4,5)6)18(30)34-21(7,8)9/h11-13H2,1-10H3,(H4,23,24,25)/t22-/m0/s1. The Balaban J connectivity index is 6.91. The number of guanidine groups is 1. The van der Waals surface area contributed by atoms with Crippen LogP contribution >= 0.6 is 0 Å². The van der Waals surface area contributed by atoms with Gasteiger partial charge >= 0.3 is 24.1 Å². The van der Waals surface area contributed by atoms with Crippen molar-refractivity contribution in [3.63, 3.8) is 0 Å². The summed E-state index contributed by atoms with van der Waals surface area (Å²) >= 11 is 0. The SMILES string of the molecule is COC(=O)[C@@](CCCNC(=N)N)(C(=O)OC(C)(C)C)N(C(=O)OC(C)(C)C)C(=O)OC(C)(C)C. The number of hydrogen-bond donors (Lipinski definition) is 3. The third kappa shape index (κ3) is 9.84. The van der Waals surface area contributed by atoms with Crippen molar-refractivity contribution in [3.8, 4) is 0 Å². The lowest BCUT2D eigenvalue weighted by Crippen LogP contribution is -2.66. The fourth-order valence-electron chi connectivity index (χ4n) is 2.68. The molecule has 0 radical (unpaired) electrons. The molecule has 1 atom stereocenters. The first-order valence-electron chi connectivity index (χ1n) is 10.8. The monoisotopic (exact) mass is 488 g/mol. The predicted molar refractivity (Wildman–Crippen MR) is 124 cm³/mol. The largest absolute Gasteiger partial charge is 0.467 e.